The Labute approximate surface area is 130 Å². The van der Waals surface area contributed by atoms with Crippen LogP contribution in [-0.4, -0.2) is 20.1 Å². The molecule has 0 saturated carbocycles. The van der Waals surface area contributed by atoms with E-state index in [-0.39, 0.29) is 10.8 Å². The van der Waals surface area contributed by atoms with Gasteiger partial charge in [0.2, 0.25) is 0 Å². The minimum Gasteiger partial charge on any atom is -0.372 e. The van der Waals surface area contributed by atoms with Crippen LogP contribution in [0.1, 0.15) is 41.5 Å². The van der Waals surface area contributed by atoms with E-state index in [1.165, 1.54) is 11.4 Å². The van der Waals surface area contributed by atoms with Crippen LogP contribution >= 0.6 is 12.8 Å². The number of para-hydroxylation sites is 2. The molecule has 0 unspecified atom stereocenters. The quantitative estimate of drug-likeness (QED) is 0.792. The Hall–Kier alpha value is -0.830. The summed E-state index contributed by atoms with van der Waals surface area (Å²) in [5, 5.41) is 0. The maximum atomic E-state index is 4.70. The Balaban J connectivity index is 2.98. The highest BCUT2D eigenvalue weighted by Gasteiger charge is 2.20. The van der Waals surface area contributed by atoms with Crippen LogP contribution in [0.3, 0.4) is 0 Å². The van der Waals surface area contributed by atoms with Crippen molar-refractivity contribution in [1.29, 1.82) is 0 Å². The summed E-state index contributed by atoms with van der Waals surface area (Å²) in [6.07, 6.45) is 0. The van der Waals surface area contributed by atoms with Gasteiger partial charge in [0, 0.05) is 20.1 Å². The van der Waals surface area contributed by atoms with Gasteiger partial charge in [-0.15, -0.1) is 0 Å². The number of benzene rings is 1. The first-order valence-electron chi connectivity index (χ1n) is 7.26. The van der Waals surface area contributed by atoms with Gasteiger partial charge in [0.05, 0.1) is 11.4 Å². The van der Waals surface area contributed by atoms with E-state index in [0.717, 1.165) is 13.1 Å². The van der Waals surface area contributed by atoms with Crippen molar-refractivity contribution in [3.8, 4) is 0 Å². The summed E-state index contributed by atoms with van der Waals surface area (Å²) < 4.78 is 2.06. The highest BCUT2D eigenvalue weighted by Crippen LogP contribution is 2.33. The number of thiol groups is 1. The highest BCUT2D eigenvalue weighted by atomic mass is 32.1. The van der Waals surface area contributed by atoms with E-state index in [9.17, 15) is 0 Å². The third-order valence-electron chi connectivity index (χ3n) is 2.91. The van der Waals surface area contributed by atoms with Crippen molar-refractivity contribution < 1.29 is 0 Å². The first-order chi connectivity index (χ1) is 8.99. The van der Waals surface area contributed by atoms with Gasteiger partial charge in [-0.25, -0.2) is 0 Å². The van der Waals surface area contributed by atoms with Crippen LogP contribution in [-0.2, 0) is 0 Å². The van der Waals surface area contributed by atoms with Gasteiger partial charge in [0.15, 0.2) is 0 Å². The van der Waals surface area contributed by atoms with Gasteiger partial charge in [0.1, 0.15) is 0 Å². The second-order valence-corrected chi connectivity index (χ2v) is 8.51. The number of anilines is 2. The molecular formula is C17H30N2S. The van der Waals surface area contributed by atoms with E-state index < -0.39 is 0 Å². The van der Waals surface area contributed by atoms with E-state index in [1.807, 2.05) is 0 Å². The number of rotatable bonds is 4. The number of hydrogen-bond donors (Lipinski definition) is 1. The standard InChI is InChI=1S/C17H30N2S/c1-16(2,3)12-18(7)14-10-8-9-11-15(14)19(20)13-17(4,5)6/h8-11,20H,12-13H2,1-7H3. The van der Waals surface area contributed by atoms with E-state index in [1.54, 1.807) is 0 Å². The van der Waals surface area contributed by atoms with Gasteiger partial charge in [0.25, 0.3) is 0 Å². The molecule has 0 aliphatic carbocycles. The lowest BCUT2D eigenvalue weighted by molar-refractivity contribution is 0.418. The zero-order valence-corrected chi connectivity index (χ0v) is 15.0. The van der Waals surface area contributed by atoms with Crippen molar-refractivity contribution in [2.24, 2.45) is 10.8 Å². The molecule has 0 atom stereocenters. The average molecular weight is 295 g/mol. The summed E-state index contributed by atoms with van der Waals surface area (Å²) in [6, 6.07) is 8.49. The summed E-state index contributed by atoms with van der Waals surface area (Å²) in [5.41, 5.74) is 2.91. The molecule has 1 aromatic carbocycles. The molecule has 0 N–H and O–H groups in total. The van der Waals surface area contributed by atoms with Crippen molar-refractivity contribution in [3.05, 3.63) is 24.3 Å². The molecule has 0 heterocycles. The Morgan fingerprint density at radius 2 is 1.30 bits per heavy atom. The molecule has 114 valence electrons. The van der Waals surface area contributed by atoms with Crippen LogP contribution in [0.25, 0.3) is 0 Å². The molecule has 0 bridgehead atoms. The monoisotopic (exact) mass is 294 g/mol. The van der Waals surface area contributed by atoms with E-state index in [0.29, 0.717) is 0 Å². The predicted octanol–water partition coefficient (Wildman–Crippen LogP) is 4.87. The van der Waals surface area contributed by atoms with Gasteiger partial charge in [-0.3, -0.25) is 0 Å². The molecule has 0 aliphatic heterocycles. The molecule has 1 rings (SSSR count). The second-order valence-electron chi connectivity index (χ2n) is 8.02. The summed E-state index contributed by atoms with van der Waals surface area (Å²) in [6.45, 7) is 15.4. The third-order valence-corrected chi connectivity index (χ3v) is 3.26. The molecule has 0 amide bonds. The van der Waals surface area contributed by atoms with E-state index in [4.69, 9.17) is 12.8 Å². The minimum absolute atomic E-state index is 0.220. The lowest BCUT2D eigenvalue weighted by Crippen LogP contribution is -2.31. The number of nitrogens with zero attached hydrogens (tertiary/aromatic N) is 2. The molecule has 0 radical (unpaired) electrons. The molecule has 0 aliphatic rings. The predicted molar refractivity (Wildman–Crippen MR) is 95.0 cm³/mol. The smallest absolute Gasteiger partial charge is 0.0701 e. The fraction of sp³-hybridized carbons (Fsp3) is 0.647. The Morgan fingerprint density at radius 3 is 1.75 bits per heavy atom. The van der Waals surface area contributed by atoms with Crippen LogP contribution in [0.15, 0.2) is 24.3 Å². The highest BCUT2D eigenvalue weighted by molar-refractivity contribution is 7.81. The van der Waals surface area contributed by atoms with Gasteiger partial charge in [-0.05, 0) is 23.0 Å². The number of hydrogen-bond acceptors (Lipinski definition) is 3. The maximum absolute atomic E-state index is 4.70. The molecule has 0 aromatic heterocycles. The van der Waals surface area contributed by atoms with Gasteiger partial charge >= 0.3 is 0 Å². The second kappa shape index (κ2) is 6.30. The molecule has 0 spiro atoms. The lowest BCUT2D eigenvalue weighted by Gasteiger charge is -2.33. The molecule has 2 nitrogen and oxygen atoms in total. The Morgan fingerprint density at radius 1 is 0.850 bits per heavy atom. The van der Waals surface area contributed by atoms with Crippen molar-refractivity contribution in [1.82, 2.24) is 0 Å². The molecule has 0 saturated heterocycles. The normalized spacial score (nSPS) is 12.4. The lowest BCUT2D eigenvalue weighted by atomic mass is 9.95. The molecular weight excluding hydrogens is 264 g/mol. The van der Waals surface area contributed by atoms with Crippen LogP contribution < -0.4 is 9.21 Å². The fourth-order valence-corrected chi connectivity index (χ4v) is 2.93. The zero-order valence-electron chi connectivity index (χ0n) is 14.1. The molecule has 20 heavy (non-hydrogen) atoms. The summed E-state index contributed by atoms with van der Waals surface area (Å²) in [4.78, 5) is 2.32. The Kier molecular flexibility index (Phi) is 5.42. The summed E-state index contributed by atoms with van der Waals surface area (Å²) >= 11 is 4.70. The minimum atomic E-state index is 0.220. The SMILES string of the molecule is CN(CC(C)(C)C)c1ccccc1N(S)CC(C)(C)C. The third kappa shape index (κ3) is 5.66. The topological polar surface area (TPSA) is 6.48 Å². The van der Waals surface area contributed by atoms with Gasteiger partial charge in [-0.2, -0.15) is 0 Å². The molecule has 3 heteroatoms. The van der Waals surface area contributed by atoms with Gasteiger partial charge < -0.3 is 9.21 Å². The van der Waals surface area contributed by atoms with Crippen LogP contribution in [0.5, 0.6) is 0 Å². The summed E-state index contributed by atoms with van der Waals surface area (Å²) in [7, 11) is 2.16. The first-order valence-corrected chi connectivity index (χ1v) is 7.66. The average Bonchev–Trinajstić information content (AvgIpc) is 2.24. The summed E-state index contributed by atoms with van der Waals surface area (Å²) in [5.74, 6) is 0. The Bertz CT molecular complexity index is 388. The van der Waals surface area contributed by atoms with Crippen LogP contribution in [0, 0.1) is 10.8 Å². The molecule has 1 aromatic rings. The largest absolute Gasteiger partial charge is 0.372 e. The fourth-order valence-electron chi connectivity index (χ4n) is 2.34. The maximum Gasteiger partial charge on any atom is 0.0701 e. The van der Waals surface area contributed by atoms with Gasteiger partial charge in [-0.1, -0.05) is 66.5 Å². The van der Waals surface area contributed by atoms with Crippen molar-refractivity contribution in [2.75, 3.05) is 29.3 Å². The first kappa shape index (κ1) is 17.2. The van der Waals surface area contributed by atoms with Crippen LogP contribution in [0.4, 0.5) is 11.4 Å². The zero-order chi connectivity index (χ0) is 15.6. The molecule has 0 fully saturated rings. The van der Waals surface area contributed by atoms with Crippen molar-refractivity contribution in [2.45, 2.75) is 41.5 Å². The van der Waals surface area contributed by atoms with E-state index in [2.05, 4.69) is 82.1 Å². The van der Waals surface area contributed by atoms with Crippen LogP contribution in [0.2, 0.25) is 0 Å². The van der Waals surface area contributed by atoms with Crippen molar-refractivity contribution >= 4 is 24.2 Å². The van der Waals surface area contributed by atoms with E-state index >= 15 is 0 Å². The van der Waals surface area contributed by atoms with Crippen molar-refractivity contribution in [3.63, 3.8) is 0 Å².